The van der Waals surface area contributed by atoms with Crippen molar-refractivity contribution in [2.24, 2.45) is 0 Å². The molecule has 0 amide bonds. The fraction of sp³-hybridized carbons (Fsp3) is 0.647. The van der Waals surface area contributed by atoms with E-state index in [-0.39, 0.29) is 17.0 Å². The number of rotatable bonds is 5. The van der Waals surface area contributed by atoms with Crippen LogP contribution in [0.25, 0.3) is 0 Å². The first-order valence-electron chi connectivity index (χ1n) is 8.57. The molecule has 5 nitrogen and oxygen atoms in total. The Morgan fingerprint density at radius 1 is 1.17 bits per heavy atom. The van der Waals surface area contributed by atoms with Gasteiger partial charge in [-0.05, 0) is 40.0 Å². The smallest absolute Gasteiger partial charge is 0.228 e. The summed E-state index contributed by atoms with van der Waals surface area (Å²) in [4.78, 5) is 9.69. The highest BCUT2D eigenvalue weighted by molar-refractivity contribution is 7.91. The summed E-state index contributed by atoms with van der Waals surface area (Å²) < 4.78 is 27.9. The lowest BCUT2D eigenvalue weighted by atomic mass is 9.95. The molecular weight excluding hydrogens is 342 g/mol. The zero-order valence-electron chi connectivity index (χ0n) is 14.6. The number of sulfone groups is 1. The fourth-order valence-corrected chi connectivity index (χ4v) is 5.90. The minimum Gasteiger partial charge on any atom is -0.316 e. The molecule has 24 heavy (non-hydrogen) atoms. The Balaban J connectivity index is 1.89. The van der Waals surface area contributed by atoms with Gasteiger partial charge in [-0.1, -0.05) is 19.3 Å². The molecule has 3 rings (SSSR count). The molecule has 0 radical (unpaired) electrons. The first kappa shape index (κ1) is 17.6. The molecule has 0 atom stereocenters. The summed E-state index contributed by atoms with van der Waals surface area (Å²) in [6, 6.07) is 0.273. The van der Waals surface area contributed by atoms with Gasteiger partial charge in [-0.3, -0.25) is 0 Å². The maximum absolute atomic E-state index is 13.0. The molecule has 0 aliphatic heterocycles. The molecule has 1 saturated carbocycles. The van der Waals surface area contributed by atoms with Crippen molar-refractivity contribution in [1.29, 1.82) is 0 Å². The topological polar surface area (TPSA) is 64.8 Å². The molecule has 0 spiro atoms. The number of aromatic nitrogens is 3. The SMILES string of the molecule is Cc1ncsc1CCS(=O)(=O)c1nc(C)c(C)n1C1CCCCC1. The van der Waals surface area contributed by atoms with E-state index in [9.17, 15) is 8.42 Å². The Morgan fingerprint density at radius 2 is 1.88 bits per heavy atom. The van der Waals surface area contributed by atoms with E-state index in [1.807, 2.05) is 25.3 Å². The van der Waals surface area contributed by atoms with Crippen molar-refractivity contribution in [3.63, 3.8) is 0 Å². The minimum absolute atomic E-state index is 0.0959. The Kier molecular flexibility index (Phi) is 5.11. The number of hydrogen-bond donors (Lipinski definition) is 0. The van der Waals surface area contributed by atoms with Gasteiger partial charge in [0, 0.05) is 16.6 Å². The van der Waals surface area contributed by atoms with E-state index in [4.69, 9.17) is 0 Å². The molecule has 0 bridgehead atoms. The number of nitrogens with zero attached hydrogens (tertiary/aromatic N) is 3. The summed E-state index contributed by atoms with van der Waals surface area (Å²) in [6.07, 6.45) is 6.19. The molecule has 0 aromatic carbocycles. The summed E-state index contributed by atoms with van der Waals surface area (Å²) in [7, 11) is -3.40. The third-order valence-corrected chi connectivity index (χ3v) is 7.60. The van der Waals surface area contributed by atoms with Crippen molar-refractivity contribution in [3.8, 4) is 0 Å². The van der Waals surface area contributed by atoms with Crippen molar-refractivity contribution < 1.29 is 8.42 Å². The highest BCUT2D eigenvalue weighted by atomic mass is 32.2. The third kappa shape index (κ3) is 3.42. The van der Waals surface area contributed by atoms with Gasteiger partial charge in [0.2, 0.25) is 15.0 Å². The van der Waals surface area contributed by atoms with Crippen LogP contribution in [0.2, 0.25) is 0 Å². The normalized spacial score (nSPS) is 16.6. The van der Waals surface area contributed by atoms with Crippen LogP contribution in [0, 0.1) is 20.8 Å². The maximum Gasteiger partial charge on any atom is 0.228 e. The second-order valence-electron chi connectivity index (χ2n) is 6.66. The van der Waals surface area contributed by atoms with Gasteiger partial charge in [-0.25, -0.2) is 18.4 Å². The average molecular weight is 368 g/mol. The average Bonchev–Trinajstić information content (AvgIpc) is 3.11. The van der Waals surface area contributed by atoms with Gasteiger partial charge in [-0.15, -0.1) is 11.3 Å². The summed E-state index contributed by atoms with van der Waals surface area (Å²) in [5, 5.41) is 0.270. The Hall–Kier alpha value is -1.21. The number of thiazole rings is 1. The predicted molar refractivity (Wildman–Crippen MR) is 96.4 cm³/mol. The predicted octanol–water partition coefficient (Wildman–Crippen LogP) is 3.79. The Morgan fingerprint density at radius 3 is 2.50 bits per heavy atom. The minimum atomic E-state index is -3.40. The van der Waals surface area contributed by atoms with Crippen LogP contribution in [0.3, 0.4) is 0 Å². The molecule has 2 heterocycles. The lowest BCUT2D eigenvalue weighted by Crippen LogP contribution is -2.21. The Bertz CT molecular complexity index is 815. The first-order valence-corrected chi connectivity index (χ1v) is 11.1. The number of hydrogen-bond acceptors (Lipinski definition) is 5. The molecular formula is C17H25N3O2S2. The molecule has 1 aliphatic rings. The van der Waals surface area contributed by atoms with Crippen LogP contribution in [-0.4, -0.2) is 28.7 Å². The van der Waals surface area contributed by atoms with Gasteiger partial charge in [0.05, 0.1) is 22.7 Å². The largest absolute Gasteiger partial charge is 0.316 e. The summed E-state index contributed by atoms with van der Waals surface area (Å²) in [5.74, 6) is 0.0959. The summed E-state index contributed by atoms with van der Waals surface area (Å²) in [6.45, 7) is 5.82. The molecule has 132 valence electrons. The van der Waals surface area contributed by atoms with Crippen LogP contribution in [0.5, 0.6) is 0 Å². The van der Waals surface area contributed by atoms with Crippen LogP contribution >= 0.6 is 11.3 Å². The van der Waals surface area contributed by atoms with Crippen LogP contribution in [0.1, 0.15) is 60.1 Å². The van der Waals surface area contributed by atoms with Crippen LogP contribution in [0.15, 0.2) is 10.7 Å². The van der Waals surface area contributed by atoms with Crippen molar-refractivity contribution in [2.75, 3.05) is 5.75 Å². The standard InChI is InChI=1S/C17H25N3O2S2/c1-12-14(3)20(15-7-5-4-6-8-15)17(19-12)24(21,22)10-9-16-13(2)18-11-23-16/h11,15H,4-10H2,1-3H3. The molecule has 7 heteroatoms. The van der Waals surface area contributed by atoms with Gasteiger partial charge < -0.3 is 4.57 Å². The molecule has 1 aliphatic carbocycles. The molecule has 0 saturated heterocycles. The van der Waals surface area contributed by atoms with Gasteiger partial charge >= 0.3 is 0 Å². The lowest BCUT2D eigenvalue weighted by Gasteiger charge is -2.26. The second kappa shape index (κ2) is 6.96. The highest BCUT2D eigenvalue weighted by Crippen LogP contribution is 2.33. The quantitative estimate of drug-likeness (QED) is 0.806. The third-order valence-electron chi connectivity index (χ3n) is 5.02. The van der Waals surface area contributed by atoms with E-state index in [2.05, 4.69) is 9.97 Å². The van der Waals surface area contributed by atoms with Crippen LogP contribution < -0.4 is 0 Å². The zero-order valence-corrected chi connectivity index (χ0v) is 16.2. The van der Waals surface area contributed by atoms with E-state index >= 15 is 0 Å². The molecule has 2 aromatic rings. The summed E-state index contributed by atoms with van der Waals surface area (Å²) in [5.41, 5.74) is 4.52. The summed E-state index contributed by atoms with van der Waals surface area (Å²) >= 11 is 1.52. The van der Waals surface area contributed by atoms with E-state index in [0.717, 1.165) is 34.8 Å². The number of aryl methyl sites for hydroxylation is 3. The molecule has 0 unspecified atom stereocenters. The zero-order chi connectivity index (χ0) is 17.3. The van der Waals surface area contributed by atoms with Gasteiger partial charge in [0.15, 0.2) is 0 Å². The second-order valence-corrected chi connectivity index (χ2v) is 9.60. The van der Waals surface area contributed by atoms with Crippen molar-refractivity contribution in [1.82, 2.24) is 14.5 Å². The Labute approximate surface area is 148 Å². The lowest BCUT2D eigenvalue weighted by molar-refractivity contribution is 0.329. The van der Waals surface area contributed by atoms with Crippen molar-refractivity contribution in [2.45, 2.75) is 70.5 Å². The van der Waals surface area contributed by atoms with E-state index in [0.29, 0.717) is 6.42 Å². The van der Waals surface area contributed by atoms with E-state index in [1.165, 1.54) is 30.6 Å². The monoisotopic (exact) mass is 367 g/mol. The van der Waals surface area contributed by atoms with Crippen molar-refractivity contribution >= 4 is 21.2 Å². The highest BCUT2D eigenvalue weighted by Gasteiger charge is 2.29. The van der Waals surface area contributed by atoms with Gasteiger partial charge in [0.1, 0.15) is 0 Å². The van der Waals surface area contributed by atoms with Gasteiger partial charge in [0.25, 0.3) is 0 Å². The van der Waals surface area contributed by atoms with Crippen LogP contribution in [0.4, 0.5) is 0 Å². The van der Waals surface area contributed by atoms with E-state index in [1.54, 1.807) is 5.51 Å². The molecule has 0 N–H and O–H groups in total. The first-order chi connectivity index (χ1) is 11.4. The number of imidazole rings is 1. The maximum atomic E-state index is 13.0. The van der Waals surface area contributed by atoms with Crippen LogP contribution in [-0.2, 0) is 16.3 Å². The molecule has 2 aromatic heterocycles. The fourth-order valence-electron chi connectivity index (χ4n) is 3.47. The molecule has 1 fully saturated rings. The van der Waals surface area contributed by atoms with E-state index < -0.39 is 9.84 Å². The van der Waals surface area contributed by atoms with Gasteiger partial charge in [-0.2, -0.15) is 0 Å². The van der Waals surface area contributed by atoms with Crippen molar-refractivity contribution in [3.05, 3.63) is 27.5 Å².